The molecular weight excluding hydrogens is 248 g/mol. The van der Waals surface area contributed by atoms with Gasteiger partial charge in [-0.2, -0.15) is 15.0 Å². The van der Waals surface area contributed by atoms with Crippen molar-refractivity contribution in [3.63, 3.8) is 0 Å². The number of carbonyl (C=O) groups is 1. The van der Waals surface area contributed by atoms with E-state index in [1.165, 1.54) is 7.11 Å². The molecular formula is C11H20N6O2. The third-order valence-corrected chi connectivity index (χ3v) is 2.59. The summed E-state index contributed by atoms with van der Waals surface area (Å²) in [5, 5.41) is 5.73. The minimum Gasteiger partial charge on any atom is -0.467 e. The third kappa shape index (κ3) is 3.94. The SMILES string of the molecule is CCN(C)C(=O)C(C)Nc1nc(NC)nc(OC)n1. The lowest BCUT2D eigenvalue weighted by Crippen LogP contribution is -2.39. The first-order valence-electron chi connectivity index (χ1n) is 6.01. The maximum absolute atomic E-state index is 11.9. The molecule has 0 spiro atoms. The lowest BCUT2D eigenvalue weighted by Gasteiger charge is -2.20. The fraction of sp³-hybridized carbons (Fsp3) is 0.636. The topological polar surface area (TPSA) is 92.3 Å². The van der Waals surface area contributed by atoms with Gasteiger partial charge in [0.05, 0.1) is 7.11 Å². The van der Waals surface area contributed by atoms with Gasteiger partial charge in [0.25, 0.3) is 0 Å². The van der Waals surface area contributed by atoms with E-state index in [1.54, 1.807) is 25.9 Å². The van der Waals surface area contributed by atoms with E-state index in [9.17, 15) is 4.79 Å². The zero-order valence-electron chi connectivity index (χ0n) is 11.9. The Morgan fingerprint density at radius 2 is 2.00 bits per heavy atom. The van der Waals surface area contributed by atoms with Crippen LogP contribution in [0.25, 0.3) is 0 Å². The fourth-order valence-corrected chi connectivity index (χ4v) is 1.37. The van der Waals surface area contributed by atoms with E-state index in [0.717, 1.165) is 0 Å². The molecule has 106 valence electrons. The van der Waals surface area contributed by atoms with Crippen molar-refractivity contribution in [2.45, 2.75) is 19.9 Å². The highest BCUT2D eigenvalue weighted by Crippen LogP contribution is 2.11. The molecule has 0 aliphatic carbocycles. The number of rotatable bonds is 6. The summed E-state index contributed by atoms with van der Waals surface area (Å²) in [4.78, 5) is 25.7. The number of anilines is 2. The second-order valence-corrected chi connectivity index (χ2v) is 3.94. The van der Waals surface area contributed by atoms with Gasteiger partial charge in [0.15, 0.2) is 0 Å². The van der Waals surface area contributed by atoms with Crippen molar-refractivity contribution < 1.29 is 9.53 Å². The number of amides is 1. The van der Waals surface area contributed by atoms with Gasteiger partial charge in [-0.3, -0.25) is 4.79 Å². The molecule has 1 unspecified atom stereocenters. The first kappa shape index (κ1) is 14.9. The summed E-state index contributed by atoms with van der Waals surface area (Å²) >= 11 is 0. The average molecular weight is 268 g/mol. The Labute approximate surface area is 112 Å². The molecule has 8 heteroatoms. The van der Waals surface area contributed by atoms with Gasteiger partial charge in [-0.1, -0.05) is 0 Å². The van der Waals surface area contributed by atoms with Gasteiger partial charge in [-0.25, -0.2) is 0 Å². The van der Waals surface area contributed by atoms with Crippen molar-refractivity contribution in [3.05, 3.63) is 0 Å². The van der Waals surface area contributed by atoms with E-state index in [2.05, 4.69) is 25.6 Å². The normalized spacial score (nSPS) is 11.6. The zero-order chi connectivity index (χ0) is 14.4. The predicted molar refractivity (Wildman–Crippen MR) is 72.3 cm³/mol. The number of carbonyl (C=O) groups excluding carboxylic acids is 1. The Kier molecular flexibility index (Phi) is 5.28. The molecule has 1 atom stereocenters. The predicted octanol–water partition coefficient (Wildman–Crippen LogP) is 0.201. The van der Waals surface area contributed by atoms with Crippen molar-refractivity contribution >= 4 is 17.8 Å². The van der Waals surface area contributed by atoms with Gasteiger partial charge >= 0.3 is 6.01 Å². The molecule has 8 nitrogen and oxygen atoms in total. The van der Waals surface area contributed by atoms with E-state index in [0.29, 0.717) is 18.4 Å². The summed E-state index contributed by atoms with van der Waals surface area (Å²) in [5.41, 5.74) is 0. The van der Waals surface area contributed by atoms with E-state index >= 15 is 0 Å². The molecule has 0 aliphatic heterocycles. The molecule has 0 aliphatic rings. The van der Waals surface area contributed by atoms with Crippen LogP contribution in [0, 0.1) is 0 Å². The van der Waals surface area contributed by atoms with Crippen molar-refractivity contribution in [3.8, 4) is 6.01 Å². The number of nitrogens with zero attached hydrogens (tertiary/aromatic N) is 4. The molecule has 1 rings (SSSR count). The number of likely N-dealkylation sites (N-methyl/N-ethyl adjacent to an activating group) is 1. The Balaban J connectivity index is 2.83. The summed E-state index contributed by atoms with van der Waals surface area (Å²) in [5.74, 6) is 0.632. The Morgan fingerprint density at radius 1 is 1.37 bits per heavy atom. The van der Waals surface area contributed by atoms with Crippen LogP contribution in [0.5, 0.6) is 6.01 Å². The molecule has 19 heavy (non-hydrogen) atoms. The summed E-state index contributed by atoms with van der Waals surface area (Å²) in [6.07, 6.45) is 0. The molecule has 0 saturated carbocycles. The van der Waals surface area contributed by atoms with Gasteiger partial charge in [0.2, 0.25) is 17.8 Å². The number of ether oxygens (including phenoxy) is 1. The minimum atomic E-state index is -0.429. The van der Waals surface area contributed by atoms with Crippen LogP contribution < -0.4 is 15.4 Å². The van der Waals surface area contributed by atoms with E-state index in [4.69, 9.17) is 4.74 Å². The Bertz CT molecular complexity index is 417. The smallest absolute Gasteiger partial charge is 0.322 e. The van der Waals surface area contributed by atoms with Crippen molar-refractivity contribution in [2.24, 2.45) is 0 Å². The van der Waals surface area contributed by atoms with E-state index in [1.807, 2.05) is 6.92 Å². The standard InChI is InChI=1S/C11H20N6O2/c1-6-17(4)8(18)7(2)13-10-14-9(12-3)15-11(16-10)19-5/h7H,6H2,1-5H3,(H2,12,13,14,15,16). The minimum absolute atomic E-state index is 0.0344. The molecule has 1 aromatic heterocycles. The quantitative estimate of drug-likeness (QED) is 0.761. The first-order valence-corrected chi connectivity index (χ1v) is 6.01. The largest absolute Gasteiger partial charge is 0.467 e. The van der Waals surface area contributed by atoms with Gasteiger partial charge in [-0.15, -0.1) is 0 Å². The van der Waals surface area contributed by atoms with Crippen molar-refractivity contribution in [2.75, 3.05) is 38.4 Å². The van der Waals surface area contributed by atoms with Crippen LogP contribution in [0.15, 0.2) is 0 Å². The summed E-state index contributed by atoms with van der Waals surface area (Å²) in [6, 6.07) is -0.243. The lowest BCUT2D eigenvalue weighted by atomic mass is 10.3. The highest BCUT2D eigenvalue weighted by atomic mass is 16.5. The molecule has 0 bridgehead atoms. The molecule has 0 saturated heterocycles. The van der Waals surface area contributed by atoms with E-state index < -0.39 is 6.04 Å². The van der Waals surface area contributed by atoms with Crippen LogP contribution in [0.1, 0.15) is 13.8 Å². The summed E-state index contributed by atoms with van der Waals surface area (Å²) < 4.78 is 4.97. The van der Waals surface area contributed by atoms with Gasteiger partial charge in [-0.05, 0) is 13.8 Å². The maximum Gasteiger partial charge on any atom is 0.322 e. The number of hydrogen-bond donors (Lipinski definition) is 2. The molecule has 0 radical (unpaired) electrons. The summed E-state index contributed by atoms with van der Waals surface area (Å²) in [7, 11) is 4.91. The van der Waals surface area contributed by atoms with Crippen LogP contribution in [-0.4, -0.2) is 59.6 Å². The Morgan fingerprint density at radius 3 is 2.53 bits per heavy atom. The highest BCUT2D eigenvalue weighted by molar-refractivity contribution is 5.83. The van der Waals surface area contributed by atoms with Crippen molar-refractivity contribution in [1.82, 2.24) is 19.9 Å². The van der Waals surface area contributed by atoms with Crippen LogP contribution >= 0.6 is 0 Å². The van der Waals surface area contributed by atoms with Crippen molar-refractivity contribution in [1.29, 1.82) is 0 Å². The zero-order valence-corrected chi connectivity index (χ0v) is 11.9. The van der Waals surface area contributed by atoms with Gasteiger partial charge in [0.1, 0.15) is 6.04 Å². The average Bonchev–Trinajstić information content (AvgIpc) is 2.44. The number of hydrogen-bond acceptors (Lipinski definition) is 7. The Hall–Kier alpha value is -2.12. The van der Waals surface area contributed by atoms with Gasteiger partial charge in [0, 0.05) is 20.6 Å². The fourth-order valence-electron chi connectivity index (χ4n) is 1.37. The molecule has 0 fully saturated rings. The molecule has 0 aromatic carbocycles. The lowest BCUT2D eigenvalue weighted by molar-refractivity contribution is -0.130. The molecule has 1 aromatic rings. The second kappa shape index (κ2) is 6.72. The van der Waals surface area contributed by atoms with Crippen LogP contribution in [0.3, 0.4) is 0 Å². The number of aromatic nitrogens is 3. The molecule has 1 heterocycles. The number of nitrogens with one attached hydrogen (secondary N) is 2. The maximum atomic E-state index is 11.9. The number of methoxy groups -OCH3 is 1. The second-order valence-electron chi connectivity index (χ2n) is 3.94. The van der Waals surface area contributed by atoms with E-state index in [-0.39, 0.29) is 11.9 Å². The van der Waals surface area contributed by atoms with Gasteiger partial charge < -0.3 is 20.3 Å². The van der Waals surface area contributed by atoms with Crippen LogP contribution in [0.4, 0.5) is 11.9 Å². The van der Waals surface area contributed by atoms with Crippen LogP contribution in [0.2, 0.25) is 0 Å². The third-order valence-electron chi connectivity index (χ3n) is 2.59. The van der Waals surface area contributed by atoms with Crippen LogP contribution in [-0.2, 0) is 4.79 Å². The first-order chi connectivity index (χ1) is 9.01. The molecule has 2 N–H and O–H groups in total. The molecule has 1 amide bonds. The summed E-state index contributed by atoms with van der Waals surface area (Å²) in [6.45, 7) is 4.31. The monoisotopic (exact) mass is 268 g/mol. The highest BCUT2D eigenvalue weighted by Gasteiger charge is 2.18.